The Hall–Kier alpha value is -1.35. The van der Waals surface area contributed by atoms with Gasteiger partial charge in [-0.2, -0.15) is 0 Å². The molecule has 0 bridgehead atoms. The molecule has 0 atom stereocenters. The monoisotopic (exact) mass is 275 g/mol. The first-order valence-electron chi connectivity index (χ1n) is 7.61. The van der Waals surface area contributed by atoms with Crippen molar-refractivity contribution in [2.75, 3.05) is 13.1 Å². The van der Waals surface area contributed by atoms with E-state index in [1.165, 1.54) is 11.1 Å². The molecule has 3 nitrogen and oxygen atoms in total. The van der Waals surface area contributed by atoms with Crippen LogP contribution >= 0.6 is 0 Å². The molecule has 0 aliphatic carbocycles. The van der Waals surface area contributed by atoms with Gasteiger partial charge in [0.15, 0.2) is 0 Å². The van der Waals surface area contributed by atoms with Gasteiger partial charge in [0.1, 0.15) is 0 Å². The minimum atomic E-state index is -0.220. The molecule has 0 saturated carbocycles. The Kier molecular flexibility index (Phi) is 5.18. The van der Waals surface area contributed by atoms with Crippen LogP contribution in [0.15, 0.2) is 24.3 Å². The van der Waals surface area contributed by atoms with Crippen molar-refractivity contribution < 1.29 is 9.90 Å². The Balaban J connectivity index is 1.81. The average molecular weight is 275 g/mol. The molecule has 110 valence electrons. The van der Waals surface area contributed by atoms with Gasteiger partial charge in [0, 0.05) is 19.5 Å². The molecular formula is C17H25NO2. The highest BCUT2D eigenvalue weighted by Crippen LogP contribution is 2.16. The predicted molar refractivity (Wildman–Crippen MR) is 80.7 cm³/mol. The van der Waals surface area contributed by atoms with Gasteiger partial charge in [-0.25, -0.2) is 0 Å². The highest BCUT2D eigenvalue weighted by atomic mass is 16.3. The van der Waals surface area contributed by atoms with Crippen LogP contribution < -0.4 is 0 Å². The van der Waals surface area contributed by atoms with Crippen molar-refractivity contribution in [2.24, 2.45) is 0 Å². The van der Waals surface area contributed by atoms with Crippen LogP contribution in [0.4, 0.5) is 0 Å². The molecule has 1 aliphatic rings. The van der Waals surface area contributed by atoms with Gasteiger partial charge >= 0.3 is 0 Å². The van der Waals surface area contributed by atoms with Gasteiger partial charge in [0.25, 0.3) is 0 Å². The number of carbonyl (C=O) groups excluding carboxylic acids is 1. The third kappa shape index (κ3) is 4.07. The van der Waals surface area contributed by atoms with Crippen LogP contribution in [0, 0.1) is 0 Å². The van der Waals surface area contributed by atoms with E-state index in [4.69, 9.17) is 0 Å². The maximum atomic E-state index is 12.1. The van der Waals surface area contributed by atoms with Gasteiger partial charge in [0.2, 0.25) is 5.91 Å². The second-order valence-corrected chi connectivity index (χ2v) is 6.01. The highest BCUT2D eigenvalue weighted by molar-refractivity contribution is 5.76. The summed E-state index contributed by atoms with van der Waals surface area (Å²) in [6.07, 6.45) is 2.58. The van der Waals surface area contributed by atoms with E-state index < -0.39 is 0 Å². The number of nitrogens with zero attached hydrogens (tertiary/aromatic N) is 1. The van der Waals surface area contributed by atoms with Crippen molar-refractivity contribution in [3.05, 3.63) is 35.4 Å². The van der Waals surface area contributed by atoms with E-state index in [-0.39, 0.29) is 12.0 Å². The van der Waals surface area contributed by atoms with Gasteiger partial charge in [-0.3, -0.25) is 4.79 Å². The van der Waals surface area contributed by atoms with Crippen molar-refractivity contribution in [1.82, 2.24) is 4.90 Å². The second-order valence-electron chi connectivity index (χ2n) is 6.01. The maximum Gasteiger partial charge on any atom is 0.222 e. The summed E-state index contributed by atoms with van der Waals surface area (Å²) in [4.78, 5) is 14.0. The number of carbonyl (C=O) groups is 1. The average Bonchev–Trinajstić information content (AvgIpc) is 2.46. The Morgan fingerprint density at radius 2 is 1.85 bits per heavy atom. The molecule has 3 heteroatoms. The first kappa shape index (κ1) is 15.0. The predicted octanol–water partition coefficient (Wildman–Crippen LogP) is 2.73. The van der Waals surface area contributed by atoms with Crippen molar-refractivity contribution in [3.8, 4) is 0 Å². The molecular weight excluding hydrogens is 250 g/mol. The lowest BCUT2D eigenvalue weighted by Crippen LogP contribution is -2.40. The number of likely N-dealkylation sites (tertiary alicyclic amines) is 1. The van der Waals surface area contributed by atoms with Gasteiger partial charge in [-0.1, -0.05) is 38.1 Å². The second kappa shape index (κ2) is 6.89. The molecule has 1 aromatic carbocycles. The van der Waals surface area contributed by atoms with E-state index >= 15 is 0 Å². The summed E-state index contributed by atoms with van der Waals surface area (Å²) in [7, 11) is 0. The van der Waals surface area contributed by atoms with E-state index in [9.17, 15) is 9.90 Å². The largest absolute Gasteiger partial charge is 0.393 e. The molecule has 0 aromatic heterocycles. The molecule has 1 aliphatic heterocycles. The molecule has 20 heavy (non-hydrogen) atoms. The fraction of sp³-hybridized carbons (Fsp3) is 0.588. The highest BCUT2D eigenvalue weighted by Gasteiger charge is 2.20. The third-order valence-corrected chi connectivity index (χ3v) is 4.09. The standard InChI is InChI=1S/C17H25NO2/c1-13(2)15-6-3-14(4-7-15)5-8-17(20)18-11-9-16(19)10-12-18/h3-4,6-7,13,16,19H,5,8-12H2,1-2H3. The van der Waals surface area contributed by atoms with Crippen LogP contribution in [0.5, 0.6) is 0 Å². The molecule has 1 N–H and O–H groups in total. The molecule has 0 spiro atoms. The molecule has 1 aromatic rings. The van der Waals surface area contributed by atoms with Crippen molar-refractivity contribution in [1.29, 1.82) is 0 Å². The summed E-state index contributed by atoms with van der Waals surface area (Å²) < 4.78 is 0. The number of aryl methyl sites for hydroxylation is 1. The maximum absolute atomic E-state index is 12.1. The lowest BCUT2D eigenvalue weighted by Gasteiger charge is -2.29. The number of benzene rings is 1. The summed E-state index contributed by atoms with van der Waals surface area (Å²) in [5, 5.41) is 9.45. The first-order chi connectivity index (χ1) is 9.56. The molecule has 1 amide bonds. The summed E-state index contributed by atoms with van der Waals surface area (Å²) in [5.74, 6) is 0.760. The zero-order valence-corrected chi connectivity index (χ0v) is 12.5. The number of piperidine rings is 1. The van der Waals surface area contributed by atoms with Crippen LogP contribution in [-0.4, -0.2) is 35.1 Å². The van der Waals surface area contributed by atoms with Crippen molar-refractivity contribution in [2.45, 2.75) is 51.6 Å². The fourth-order valence-corrected chi connectivity index (χ4v) is 2.59. The van der Waals surface area contributed by atoms with Gasteiger partial charge < -0.3 is 10.0 Å². The SMILES string of the molecule is CC(C)c1ccc(CCC(=O)N2CCC(O)CC2)cc1. The topological polar surface area (TPSA) is 40.5 Å². The van der Waals surface area contributed by atoms with Crippen LogP contribution in [0.1, 0.15) is 50.2 Å². The van der Waals surface area contributed by atoms with Crippen molar-refractivity contribution in [3.63, 3.8) is 0 Å². The summed E-state index contributed by atoms with van der Waals surface area (Å²) in [6.45, 7) is 5.77. The summed E-state index contributed by atoms with van der Waals surface area (Å²) in [5.41, 5.74) is 2.56. The minimum Gasteiger partial charge on any atom is -0.393 e. The Labute approximate surface area is 121 Å². The van der Waals surface area contributed by atoms with Crippen LogP contribution in [0.25, 0.3) is 0 Å². The Morgan fingerprint density at radius 3 is 2.40 bits per heavy atom. The van der Waals surface area contributed by atoms with E-state index in [0.717, 1.165) is 19.3 Å². The van der Waals surface area contributed by atoms with E-state index in [1.54, 1.807) is 0 Å². The number of aliphatic hydroxyl groups excluding tert-OH is 1. The lowest BCUT2D eigenvalue weighted by atomic mass is 10.00. The van der Waals surface area contributed by atoms with E-state index in [2.05, 4.69) is 38.1 Å². The number of rotatable bonds is 4. The summed E-state index contributed by atoms with van der Waals surface area (Å²) in [6, 6.07) is 8.56. The van der Waals surface area contributed by atoms with E-state index in [1.807, 2.05) is 4.90 Å². The molecule has 0 unspecified atom stereocenters. The van der Waals surface area contributed by atoms with Crippen molar-refractivity contribution >= 4 is 5.91 Å². The van der Waals surface area contributed by atoms with E-state index in [0.29, 0.717) is 25.4 Å². The number of amides is 1. The quantitative estimate of drug-likeness (QED) is 0.918. The zero-order valence-electron chi connectivity index (χ0n) is 12.5. The normalized spacial score (nSPS) is 16.7. The Morgan fingerprint density at radius 1 is 1.25 bits per heavy atom. The summed E-state index contributed by atoms with van der Waals surface area (Å²) >= 11 is 0. The molecule has 1 heterocycles. The Bertz CT molecular complexity index is 431. The molecule has 1 fully saturated rings. The minimum absolute atomic E-state index is 0.213. The molecule has 1 saturated heterocycles. The van der Waals surface area contributed by atoms with Crippen LogP contribution in [0.3, 0.4) is 0 Å². The van der Waals surface area contributed by atoms with Crippen LogP contribution in [0.2, 0.25) is 0 Å². The van der Waals surface area contributed by atoms with Gasteiger partial charge in [-0.05, 0) is 36.3 Å². The third-order valence-electron chi connectivity index (χ3n) is 4.09. The first-order valence-corrected chi connectivity index (χ1v) is 7.61. The number of aliphatic hydroxyl groups is 1. The van der Waals surface area contributed by atoms with Crippen LogP contribution in [-0.2, 0) is 11.2 Å². The lowest BCUT2D eigenvalue weighted by molar-refractivity contribution is -0.133. The number of hydrogen-bond acceptors (Lipinski definition) is 2. The molecule has 0 radical (unpaired) electrons. The smallest absolute Gasteiger partial charge is 0.222 e. The van der Waals surface area contributed by atoms with Gasteiger partial charge in [0.05, 0.1) is 6.10 Å². The molecule has 2 rings (SSSR count). The van der Waals surface area contributed by atoms with Gasteiger partial charge in [-0.15, -0.1) is 0 Å². The zero-order chi connectivity index (χ0) is 14.5. The number of hydrogen-bond donors (Lipinski definition) is 1. The fourth-order valence-electron chi connectivity index (χ4n) is 2.59.